The Hall–Kier alpha value is -1.17. The summed E-state index contributed by atoms with van der Waals surface area (Å²) in [7, 11) is 0. The van der Waals surface area contributed by atoms with Crippen LogP contribution in [0.3, 0.4) is 0 Å². The zero-order valence-corrected chi connectivity index (χ0v) is 23.6. The van der Waals surface area contributed by atoms with Gasteiger partial charge in [-0.05, 0) is 19.9 Å². The summed E-state index contributed by atoms with van der Waals surface area (Å²) in [5, 5.41) is 7.04. The van der Waals surface area contributed by atoms with E-state index in [0.29, 0.717) is 15.9 Å². The van der Waals surface area contributed by atoms with Crippen molar-refractivity contribution in [1.82, 2.24) is 15.4 Å². The first kappa shape index (κ1) is 26.9. The van der Waals surface area contributed by atoms with Gasteiger partial charge in [-0.3, -0.25) is 9.59 Å². The Morgan fingerprint density at radius 3 is 2.66 bits per heavy atom. The van der Waals surface area contributed by atoms with Crippen molar-refractivity contribution in [3.63, 3.8) is 0 Å². The second kappa shape index (κ2) is 9.95. The molecule has 0 bridgehead atoms. The molecule has 2 fully saturated rings. The molecule has 2 saturated heterocycles. The fourth-order valence-electron chi connectivity index (χ4n) is 4.04. The molecule has 0 saturated carbocycles. The minimum absolute atomic E-state index is 0.175. The highest BCUT2D eigenvalue weighted by Crippen LogP contribution is 2.52. The van der Waals surface area contributed by atoms with E-state index >= 15 is 0 Å². The minimum Gasteiger partial charge on any atom is -0.460 e. The number of ether oxygens (including phenoxy) is 1. The van der Waals surface area contributed by atoms with Gasteiger partial charge in [0.2, 0.25) is 9.70 Å². The number of fused-ring (bicyclic) bond motifs is 1. The van der Waals surface area contributed by atoms with Gasteiger partial charge < -0.3 is 19.5 Å². The average molecular weight is 646 g/mol. The van der Waals surface area contributed by atoms with Crippen LogP contribution in [0.5, 0.6) is 0 Å². The van der Waals surface area contributed by atoms with Crippen LogP contribution in [0.4, 0.5) is 0 Å². The van der Waals surface area contributed by atoms with Gasteiger partial charge in [-0.1, -0.05) is 85.7 Å². The Labute approximate surface area is 233 Å². The maximum Gasteiger partial charge on any atom is 0.330 e. The Kier molecular flexibility index (Phi) is 7.64. The third-order valence-electron chi connectivity index (χ3n) is 5.70. The molecule has 4 unspecified atom stereocenters. The molecule has 35 heavy (non-hydrogen) atoms. The molecule has 8 nitrogen and oxygen atoms in total. The number of nitrogens with zero attached hydrogens (tertiary/aromatic N) is 2. The topological polar surface area (TPSA) is 102 Å². The summed E-state index contributed by atoms with van der Waals surface area (Å²) in [5.74, 6) is -1.38. The molecule has 0 radical (unpaired) electrons. The number of β-lactam (4-membered cyclic amide) rings is 1. The van der Waals surface area contributed by atoms with Crippen LogP contribution in [0.15, 0.2) is 28.8 Å². The van der Waals surface area contributed by atoms with Crippen LogP contribution >= 0.6 is 74.1 Å². The number of rotatable bonds is 6. The smallest absolute Gasteiger partial charge is 0.330 e. The van der Waals surface area contributed by atoms with Crippen LogP contribution in [-0.4, -0.2) is 65.8 Å². The zero-order chi connectivity index (χ0) is 25.7. The van der Waals surface area contributed by atoms with Crippen molar-refractivity contribution >= 4 is 91.9 Å². The number of hydrogen-bond donors (Lipinski definition) is 1. The molecular weight excluding hydrogens is 628 g/mol. The highest BCUT2D eigenvalue weighted by atomic mass is 79.9. The first-order valence-corrected chi connectivity index (χ1v) is 13.7. The van der Waals surface area contributed by atoms with E-state index < -0.39 is 50.4 Å². The van der Waals surface area contributed by atoms with E-state index in [9.17, 15) is 14.4 Å². The molecule has 3 heterocycles. The Morgan fingerprint density at radius 2 is 2.03 bits per heavy atom. The molecule has 188 valence electrons. The number of carbonyl (C=O) groups is 3. The lowest BCUT2D eigenvalue weighted by Crippen LogP contribution is -2.71. The molecule has 2 aliphatic heterocycles. The van der Waals surface area contributed by atoms with E-state index in [1.54, 1.807) is 31.2 Å². The number of thioether (sulfide) groups is 1. The average Bonchev–Trinajstić information content (AvgIpc) is 3.31. The highest BCUT2D eigenvalue weighted by molar-refractivity contribution is 9.09. The quantitative estimate of drug-likeness (QED) is 0.275. The molecule has 2 aromatic rings. The number of esters is 1. The molecule has 4 rings (SSSR count). The lowest BCUT2D eigenvalue weighted by atomic mass is 9.95. The van der Waals surface area contributed by atoms with Crippen molar-refractivity contribution in [1.29, 1.82) is 0 Å². The van der Waals surface area contributed by atoms with Crippen molar-refractivity contribution in [2.45, 2.75) is 39.8 Å². The monoisotopic (exact) mass is 643 g/mol. The van der Waals surface area contributed by atoms with Crippen molar-refractivity contribution in [3.8, 4) is 11.3 Å². The molecule has 4 atom stereocenters. The van der Waals surface area contributed by atoms with Gasteiger partial charge in [-0.15, -0.1) is 11.8 Å². The second-order valence-corrected chi connectivity index (χ2v) is 13.4. The summed E-state index contributed by atoms with van der Waals surface area (Å²) < 4.78 is 7.91. The molecule has 1 aromatic carbocycles. The predicted molar refractivity (Wildman–Crippen MR) is 138 cm³/mol. The summed E-state index contributed by atoms with van der Waals surface area (Å²) in [6.45, 7) is 2.96. The van der Waals surface area contributed by atoms with E-state index in [1.165, 1.54) is 16.7 Å². The molecular formula is C21H18BrCl4N3O5S. The number of hydrogen-bond acceptors (Lipinski definition) is 7. The van der Waals surface area contributed by atoms with Gasteiger partial charge >= 0.3 is 5.97 Å². The van der Waals surface area contributed by atoms with Gasteiger partial charge in [0.1, 0.15) is 41.1 Å². The minimum atomic E-state index is -1.78. The van der Waals surface area contributed by atoms with Gasteiger partial charge in [-0.2, -0.15) is 0 Å². The number of benzene rings is 1. The molecule has 2 aliphatic rings. The van der Waals surface area contributed by atoms with Crippen molar-refractivity contribution in [2.24, 2.45) is 0 Å². The Bertz CT molecular complexity index is 1190. The van der Waals surface area contributed by atoms with Crippen LogP contribution in [0.25, 0.3) is 11.3 Å². The molecule has 0 aliphatic carbocycles. The molecule has 14 heteroatoms. The lowest BCUT2D eigenvalue weighted by Gasteiger charge is -2.44. The molecule has 1 aromatic heterocycles. The van der Waals surface area contributed by atoms with Gasteiger partial charge in [0.15, 0.2) is 0 Å². The van der Waals surface area contributed by atoms with Gasteiger partial charge in [-0.25, -0.2) is 4.79 Å². The fraction of sp³-hybridized carbons (Fsp3) is 0.429. The largest absolute Gasteiger partial charge is 0.460 e. The summed E-state index contributed by atoms with van der Waals surface area (Å²) in [4.78, 5) is 40.6. The van der Waals surface area contributed by atoms with Crippen LogP contribution < -0.4 is 5.32 Å². The van der Waals surface area contributed by atoms with E-state index in [0.717, 1.165) is 0 Å². The first-order chi connectivity index (χ1) is 16.4. The molecule has 2 amide bonds. The number of aromatic nitrogens is 1. The van der Waals surface area contributed by atoms with Gasteiger partial charge in [0.25, 0.3) is 5.91 Å². The zero-order valence-electron chi connectivity index (χ0n) is 18.2. The third-order valence-corrected chi connectivity index (χ3v) is 9.54. The highest BCUT2D eigenvalue weighted by Gasteiger charge is 2.65. The molecule has 1 N–H and O–H groups in total. The Morgan fingerprint density at radius 1 is 1.34 bits per heavy atom. The summed E-state index contributed by atoms with van der Waals surface area (Å²) in [6.07, 6.45) is 0. The predicted octanol–water partition coefficient (Wildman–Crippen LogP) is 4.75. The maximum atomic E-state index is 13.2. The number of amides is 2. The van der Waals surface area contributed by atoms with Crippen molar-refractivity contribution < 1.29 is 23.6 Å². The standard InChI is InChI=1S/C21H18BrCl4N3O5S/c1-9-12(13(28-34-9)10-5-3-4-6-11(10)23)16(30)27-14-17(31)29-15(19(32)33-8-21(24,25)26)20(2,7-22)35-18(14)29/h3-6,14-15,18H,7-8H2,1-2H3,(H,27,30). The number of nitrogens with one attached hydrogen (secondary N) is 1. The van der Waals surface area contributed by atoms with Crippen LogP contribution in [-0.2, 0) is 14.3 Å². The van der Waals surface area contributed by atoms with E-state index in [1.807, 2.05) is 6.92 Å². The van der Waals surface area contributed by atoms with Crippen LogP contribution in [0.1, 0.15) is 23.0 Å². The summed E-state index contributed by atoms with van der Waals surface area (Å²) in [5.41, 5.74) is 0.970. The number of aryl methyl sites for hydroxylation is 1. The number of halogens is 5. The van der Waals surface area contributed by atoms with Crippen molar-refractivity contribution in [3.05, 3.63) is 40.6 Å². The fourth-order valence-corrected chi connectivity index (χ4v) is 6.75. The molecule has 0 spiro atoms. The first-order valence-electron chi connectivity index (χ1n) is 10.2. The SMILES string of the molecule is Cc1onc(-c2ccccc2Cl)c1C(=O)NC1C(=O)N2C1SC(C)(CBr)C2C(=O)OCC(Cl)(Cl)Cl. The van der Waals surface area contributed by atoms with Gasteiger partial charge in [0, 0.05) is 10.9 Å². The normalized spacial score (nSPS) is 25.7. The van der Waals surface area contributed by atoms with Crippen LogP contribution in [0.2, 0.25) is 5.02 Å². The summed E-state index contributed by atoms with van der Waals surface area (Å²) >= 11 is 28.2. The number of alkyl halides is 4. The number of carbonyl (C=O) groups excluding carboxylic acids is 3. The van der Waals surface area contributed by atoms with Gasteiger partial charge in [0.05, 0.1) is 9.77 Å². The van der Waals surface area contributed by atoms with E-state index in [4.69, 9.17) is 55.7 Å². The van der Waals surface area contributed by atoms with Crippen molar-refractivity contribution in [2.75, 3.05) is 11.9 Å². The summed E-state index contributed by atoms with van der Waals surface area (Å²) in [6, 6.07) is 5.11. The third kappa shape index (κ3) is 5.02. The second-order valence-electron chi connectivity index (χ2n) is 8.22. The van der Waals surface area contributed by atoms with Crippen LogP contribution in [0, 0.1) is 6.92 Å². The van der Waals surface area contributed by atoms with E-state index in [-0.39, 0.29) is 17.0 Å². The lowest BCUT2D eigenvalue weighted by molar-refractivity contribution is -0.163. The van der Waals surface area contributed by atoms with E-state index in [2.05, 4.69) is 26.4 Å². The maximum absolute atomic E-state index is 13.2. The Balaban J connectivity index is 1.54.